The quantitative estimate of drug-likeness (QED) is 0.209. The Morgan fingerprint density at radius 2 is 1.00 bits per heavy atom. The summed E-state index contributed by atoms with van der Waals surface area (Å²) in [4.78, 5) is 8.03. The van der Waals surface area contributed by atoms with Crippen molar-refractivity contribution in [2.45, 2.75) is 137 Å². The van der Waals surface area contributed by atoms with Crippen molar-refractivity contribution in [1.29, 1.82) is 0 Å². The zero-order chi connectivity index (χ0) is 30.3. The van der Waals surface area contributed by atoms with Crippen LogP contribution < -0.4 is 0 Å². The molecule has 2 N–H and O–H groups in total. The maximum Gasteiger partial charge on any atom is 0.0505 e. The molecule has 3 aromatic carbocycles. The molecule has 2 aromatic heterocycles. The highest BCUT2D eigenvalue weighted by atomic mass is 14.7. The van der Waals surface area contributed by atoms with Crippen LogP contribution >= 0.6 is 0 Å². The van der Waals surface area contributed by atoms with Crippen LogP contribution in [0, 0.1) is 0 Å². The lowest BCUT2D eigenvalue weighted by molar-refractivity contribution is 0.572. The van der Waals surface area contributed by atoms with Crippen LogP contribution in [0.5, 0.6) is 0 Å². The molecule has 0 radical (unpaired) electrons. The fourth-order valence-electron chi connectivity index (χ4n) is 6.57. The summed E-state index contributed by atoms with van der Waals surface area (Å²) in [5, 5.41) is 5.52. The van der Waals surface area contributed by atoms with E-state index in [1.54, 1.807) is 0 Å². The Balaban J connectivity index is 1.99. The van der Waals surface area contributed by atoms with E-state index in [0.29, 0.717) is 0 Å². The molecule has 0 bridgehead atoms. The van der Waals surface area contributed by atoms with Gasteiger partial charge in [-0.15, -0.1) is 0 Å². The van der Waals surface area contributed by atoms with Crippen LogP contribution in [0.2, 0.25) is 0 Å². The molecule has 220 valence electrons. The second kappa shape index (κ2) is 9.65. The number of aryl methyl sites for hydroxylation is 1. The Kier molecular flexibility index (Phi) is 7.00. The van der Waals surface area contributed by atoms with E-state index < -0.39 is 0 Å². The third-order valence-electron chi connectivity index (χ3n) is 9.16. The van der Waals surface area contributed by atoms with Crippen molar-refractivity contribution < 1.29 is 0 Å². The maximum absolute atomic E-state index is 4.05. The van der Waals surface area contributed by atoms with E-state index in [0.717, 1.165) is 6.42 Å². The monoisotopic (exact) mass is 550 g/mol. The molecule has 0 aliphatic heterocycles. The molecular weight excluding hydrogens is 496 g/mol. The summed E-state index contributed by atoms with van der Waals surface area (Å²) in [7, 11) is 0. The van der Waals surface area contributed by atoms with Crippen LogP contribution in [0.25, 0.3) is 43.6 Å². The van der Waals surface area contributed by atoms with Crippen LogP contribution in [0.3, 0.4) is 0 Å². The summed E-state index contributed by atoms with van der Waals surface area (Å²) in [6.07, 6.45) is 4.77. The van der Waals surface area contributed by atoms with Crippen molar-refractivity contribution in [2.75, 3.05) is 0 Å². The van der Waals surface area contributed by atoms with Gasteiger partial charge in [0.2, 0.25) is 0 Å². The fraction of sp³-hybridized carbons (Fsp3) is 0.538. The van der Waals surface area contributed by atoms with Crippen LogP contribution in [0.1, 0.15) is 137 Å². The van der Waals surface area contributed by atoms with Crippen molar-refractivity contribution in [3.8, 4) is 0 Å². The second-order valence-corrected chi connectivity index (χ2v) is 16.8. The van der Waals surface area contributed by atoms with Gasteiger partial charge in [-0.05, 0) is 80.5 Å². The topological polar surface area (TPSA) is 31.6 Å². The van der Waals surface area contributed by atoms with E-state index >= 15 is 0 Å². The number of aromatic nitrogens is 2. The smallest absolute Gasteiger partial charge is 0.0505 e. The van der Waals surface area contributed by atoms with Gasteiger partial charge in [-0.2, -0.15) is 0 Å². The van der Waals surface area contributed by atoms with Gasteiger partial charge in [-0.3, -0.25) is 0 Å². The lowest BCUT2D eigenvalue weighted by atomic mass is 9.79. The molecule has 0 spiro atoms. The van der Waals surface area contributed by atoms with E-state index in [9.17, 15) is 0 Å². The highest BCUT2D eigenvalue weighted by molar-refractivity contribution is 6.20. The number of unbranched alkanes of at least 4 members (excludes halogenated alkanes) is 2. The van der Waals surface area contributed by atoms with Crippen LogP contribution in [-0.4, -0.2) is 9.97 Å². The third-order valence-corrected chi connectivity index (χ3v) is 9.16. The number of hydrogen-bond acceptors (Lipinski definition) is 0. The normalized spacial score (nSPS) is 13.9. The van der Waals surface area contributed by atoms with Gasteiger partial charge in [-0.1, -0.05) is 115 Å². The minimum atomic E-state index is 0.0412. The molecule has 0 atom stereocenters. The Bertz CT molecular complexity index is 1740. The Morgan fingerprint density at radius 1 is 0.512 bits per heavy atom. The third kappa shape index (κ3) is 5.21. The molecule has 0 aliphatic rings. The number of H-pyrrole nitrogens is 2. The highest BCUT2D eigenvalue weighted by Crippen LogP contribution is 2.44. The molecule has 0 amide bonds. The predicted molar refractivity (Wildman–Crippen MR) is 183 cm³/mol. The van der Waals surface area contributed by atoms with E-state index in [2.05, 4.69) is 130 Å². The predicted octanol–water partition coefficient (Wildman–Crippen LogP) is 11.9. The molecular formula is C39H54N2. The average Bonchev–Trinajstić information content (AvgIpc) is 3.38. The summed E-state index contributed by atoms with van der Waals surface area (Å²) < 4.78 is 0. The lowest BCUT2D eigenvalue weighted by Crippen LogP contribution is -2.16. The summed E-state index contributed by atoms with van der Waals surface area (Å²) in [5.41, 5.74) is 12.6. The molecule has 0 saturated carbocycles. The molecule has 0 aliphatic carbocycles. The number of hydrogen-bond donors (Lipinski definition) is 2. The maximum atomic E-state index is 4.05. The number of nitrogens with one attached hydrogen (secondary N) is 2. The first-order valence-corrected chi connectivity index (χ1v) is 15.9. The molecule has 0 unspecified atom stereocenters. The Labute approximate surface area is 248 Å². The number of fused-ring (bicyclic) bond motifs is 6. The summed E-state index contributed by atoms with van der Waals surface area (Å²) in [5.74, 6) is 0. The van der Waals surface area contributed by atoms with Crippen LogP contribution in [-0.2, 0) is 28.1 Å². The minimum Gasteiger partial charge on any atom is -0.354 e. The van der Waals surface area contributed by atoms with Crippen molar-refractivity contribution in [1.82, 2.24) is 9.97 Å². The molecule has 5 aromatic rings. The standard InChI is InChI=1S/C39H54N2/c1-14-15-16-17-25-32-28-19-24(37(5,6)7)21-30(39(11,12)13)35(28)40-31(32)22-27-26-18-23(36(2,3)4)20-29(38(8,9)10)34(26)41-33(25)27/h18-22,40-41H,14-17H2,1-13H3. The molecule has 0 saturated heterocycles. The highest BCUT2D eigenvalue weighted by Gasteiger charge is 2.28. The summed E-state index contributed by atoms with van der Waals surface area (Å²) in [6.45, 7) is 30.4. The van der Waals surface area contributed by atoms with Gasteiger partial charge in [0.1, 0.15) is 0 Å². The van der Waals surface area contributed by atoms with Crippen molar-refractivity contribution in [3.63, 3.8) is 0 Å². The van der Waals surface area contributed by atoms with Gasteiger partial charge >= 0.3 is 0 Å². The van der Waals surface area contributed by atoms with Crippen molar-refractivity contribution in [3.05, 3.63) is 58.1 Å². The van der Waals surface area contributed by atoms with Crippen molar-refractivity contribution in [2.24, 2.45) is 0 Å². The van der Waals surface area contributed by atoms with Gasteiger partial charge in [0.25, 0.3) is 0 Å². The minimum absolute atomic E-state index is 0.0412. The van der Waals surface area contributed by atoms with E-state index in [4.69, 9.17) is 0 Å². The van der Waals surface area contributed by atoms with Gasteiger partial charge in [0.05, 0.1) is 16.6 Å². The van der Waals surface area contributed by atoms with Gasteiger partial charge < -0.3 is 9.97 Å². The average molecular weight is 551 g/mol. The lowest BCUT2D eigenvalue weighted by Gasteiger charge is -2.26. The number of benzene rings is 3. The van der Waals surface area contributed by atoms with Gasteiger partial charge in [-0.25, -0.2) is 0 Å². The Morgan fingerprint density at radius 3 is 1.49 bits per heavy atom. The molecule has 2 nitrogen and oxygen atoms in total. The summed E-state index contributed by atoms with van der Waals surface area (Å²) >= 11 is 0. The van der Waals surface area contributed by atoms with Crippen LogP contribution in [0.15, 0.2) is 30.3 Å². The van der Waals surface area contributed by atoms with Crippen molar-refractivity contribution >= 4 is 43.6 Å². The fourth-order valence-corrected chi connectivity index (χ4v) is 6.57. The first kappa shape index (κ1) is 29.7. The van der Waals surface area contributed by atoms with E-state index in [-0.39, 0.29) is 21.7 Å². The molecule has 0 fully saturated rings. The first-order valence-electron chi connectivity index (χ1n) is 15.9. The van der Waals surface area contributed by atoms with E-state index in [1.165, 1.54) is 90.7 Å². The second-order valence-electron chi connectivity index (χ2n) is 16.8. The largest absolute Gasteiger partial charge is 0.354 e. The zero-order valence-electron chi connectivity index (χ0n) is 28.2. The molecule has 2 heterocycles. The molecule has 5 rings (SSSR count). The number of aromatic amines is 2. The van der Waals surface area contributed by atoms with Gasteiger partial charge in [0, 0.05) is 27.1 Å². The Hall–Kier alpha value is -2.74. The first-order chi connectivity index (χ1) is 18.8. The summed E-state index contributed by atoms with van der Waals surface area (Å²) in [6, 6.07) is 12.3. The molecule has 2 heteroatoms. The molecule has 41 heavy (non-hydrogen) atoms. The van der Waals surface area contributed by atoms with E-state index in [1.807, 2.05) is 0 Å². The van der Waals surface area contributed by atoms with Crippen LogP contribution in [0.4, 0.5) is 0 Å². The SMILES string of the molecule is CCCCCc1c2[nH]c3c(C(C)(C)C)cc(C(C)(C)C)cc3c2cc2[nH]c3c(C(C)(C)C)cc(C(C)(C)C)cc3c12. The zero-order valence-corrected chi connectivity index (χ0v) is 28.2. The number of rotatable bonds is 4. The van der Waals surface area contributed by atoms with Gasteiger partial charge in [0.15, 0.2) is 0 Å².